The third kappa shape index (κ3) is 2.56. The molecule has 0 N–H and O–H groups in total. The van der Waals surface area contributed by atoms with Gasteiger partial charge in [0.15, 0.2) is 0 Å². The molecule has 1 aliphatic heterocycles. The van der Waals surface area contributed by atoms with Gasteiger partial charge in [-0.15, -0.1) is 0 Å². The Labute approximate surface area is 123 Å². The molecule has 1 amide bonds. The molecule has 0 radical (unpaired) electrons. The zero-order valence-electron chi connectivity index (χ0n) is 11.0. The Kier molecular flexibility index (Phi) is 3.29. The fourth-order valence-corrected chi connectivity index (χ4v) is 3.98. The highest BCUT2D eigenvalue weighted by atomic mass is 35.7. The number of carbonyl (C=O) groups excluding carboxylic acids is 1. The van der Waals surface area contributed by atoms with Gasteiger partial charge in [-0.3, -0.25) is 4.79 Å². The van der Waals surface area contributed by atoms with Crippen molar-refractivity contribution in [2.75, 3.05) is 13.1 Å². The van der Waals surface area contributed by atoms with E-state index < -0.39 is 14.3 Å². The van der Waals surface area contributed by atoms with Crippen molar-refractivity contribution in [1.82, 2.24) is 4.90 Å². The van der Waals surface area contributed by atoms with Gasteiger partial charge in [0.2, 0.25) is 15.0 Å². The summed E-state index contributed by atoms with van der Waals surface area (Å²) < 4.78 is 22.7. The van der Waals surface area contributed by atoms with Gasteiger partial charge in [-0.05, 0) is 18.4 Å². The maximum absolute atomic E-state index is 12.0. The molecule has 6 heteroatoms. The van der Waals surface area contributed by atoms with Gasteiger partial charge in [0, 0.05) is 35.6 Å². The summed E-state index contributed by atoms with van der Waals surface area (Å²) in [6.45, 7) is 0.817. The molecule has 1 atom stereocenters. The Morgan fingerprint density at radius 2 is 1.90 bits per heavy atom. The number of nitrogens with zero attached hydrogens (tertiary/aromatic N) is 1. The molecular formula is C14H16ClNO3S. The number of likely N-dealkylation sites (tertiary alicyclic amines) is 1. The number of amides is 1. The van der Waals surface area contributed by atoms with Crippen molar-refractivity contribution in [3.05, 3.63) is 35.9 Å². The van der Waals surface area contributed by atoms with E-state index in [1.807, 2.05) is 18.2 Å². The fraction of sp³-hybridized carbons (Fsp3) is 0.500. The van der Waals surface area contributed by atoms with E-state index in [-0.39, 0.29) is 24.3 Å². The zero-order chi connectivity index (χ0) is 14.4. The Balaban J connectivity index is 1.75. The maximum Gasteiger partial charge on any atom is 0.237 e. The molecule has 1 aliphatic carbocycles. The number of benzene rings is 1. The van der Waals surface area contributed by atoms with Crippen LogP contribution in [0.4, 0.5) is 0 Å². The molecule has 2 fully saturated rings. The van der Waals surface area contributed by atoms with Crippen LogP contribution in [0, 0.1) is 0 Å². The fourth-order valence-electron chi connectivity index (χ4n) is 2.92. The van der Waals surface area contributed by atoms with Gasteiger partial charge in [-0.25, -0.2) is 8.42 Å². The summed E-state index contributed by atoms with van der Waals surface area (Å²) in [4.78, 5) is 13.6. The van der Waals surface area contributed by atoms with E-state index in [1.54, 1.807) is 4.90 Å². The lowest BCUT2D eigenvalue weighted by Gasteiger charge is -2.24. The first kappa shape index (κ1) is 13.9. The van der Waals surface area contributed by atoms with Crippen LogP contribution in [-0.2, 0) is 19.3 Å². The molecule has 0 aromatic heterocycles. The molecule has 108 valence electrons. The first-order valence-corrected chi connectivity index (χ1v) is 9.05. The molecule has 3 rings (SSSR count). The van der Waals surface area contributed by atoms with Crippen LogP contribution in [-0.4, -0.2) is 37.6 Å². The van der Waals surface area contributed by atoms with Gasteiger partial charge in [0.05, 0.1) is 0 Å². The summed E-state index contributed by atoms with van der Waals surface area (Å²) in [5, 5.41) is -0.761. The SMILES string of the molecule is O=C1CC(S(=O)(=O)Cl)CN1CC1(c2ccccc2)CC1. The van der Waals surface area contributed by atoms with E-state index in [2.05, 4.69) is 12.1 Å². The predicted octanol–water partition coefficient (Wildman–Crippen LogP) is 1.89. The van der Waals surface area contributed by atoms with Crippen molar-refractivity contribution in [3.8, 4) is 0 Å². The monoisotopic (exact) mass is 313 g/mol. The maximum atomic E-state index is 12.0. The number of halogens is 1. The van der Waals surface area contributed by atoms with Gasteiger partial charge in [0.25, 0.3) is 0 Å². The highest BCUT2D eigenvalue weighted by Gasteiger charge is 2.48. The zero-order valence-corrected chi connectivity index (χ0v) is 12.5. The number of carbonyl (C=O) groups is 1. The first-order valence-electron chi connectivity index (χ1n) is 6.67. The Hall–Kier alpha value is -1.07. The lowest BCUT2D eigenvalue weighted by atomic mass is 9.95. The molecule has 1 unspecified atom stereocenters. The first-order chi connectivity index (χ1) is 9.41. The summed E-state index contributed by atoms with van der Waals surface area (Å²) in [6.07, 6.45) is 2.09. The van der Waals surface area contributed by atoms with E-state index in [9.17, 15) is 13.2 Å². The lowest BCUT2D eigenvalue weighted by molar-refractivity contribution is -0.128. The predicted molar refractivity (Wildman–Crippen MR) is 77.1 cm³/mol. The Morgan fingerprint density at radius 1 is 1.25 bits per heavy atom. The molecule has 2 aliphatic rings. The Morgan fingerprint density at radius 3 is 2.40 bits per heavy atom. The summed E-state index contributed by atoms with van der Waals surface area (Å²) in [5.74, 6) is -0.110. The summed E-state index contributed by atoms with van der Waals surface area (Å²) >= 11 is 0. The van der Waals surface area contributed by atoms with Crippen LogP contribution in [0.15, 0.2) is 30.3 Å². The third-order valence-corrected chi connectivity index (χ3v) is 6.18. The largest absolute Gasteiger partial charge is 0.340 e. The second-order valence-electron chi connectivity index (χ2n) is 5.72. The second-order valence-corrected chi connectivity index (χ2v) is 8.63. The molecule has 20 heavy (non-hydrogen) atoms. The second kappa shape index (κ2) is 4.74. The molecule has 1 aromatic rings. The average molecular weight is 314 g/mol. The minimum atomic E-state index is -3.66. The molecule has 1 saturated heterocycles. The minimum Gasteiger partial charge on any atom is -0.340 e. The van der Waals surface area contributed by atoms with Gasteiger partial charge in [-0.1, -0.05) is 30.3 Å². The third-order valence-electron chi connectivity index (χ3n) is 4.31. The molecular weight excluding hydrogens is 298 g/mol. The van der Waals surface area contributed by atoms with E-state index >= 15 is 0 Å². The van der Waals surface area contributed by atoms with Gasteiger partial charge >= 0.3 is 0 Å². The van der Waals surface area contributed by atoms with Gasteiger partial charge in [-0.2, -0.15) is 0 Å². The van der Waals surface area contributed by atoms with Crippen LogP contribution < -0.4 is 0 Å². The van der Waals surface area contributed by atoms with Crippen molar-refractivity contribution < 1.29 is 13.2 Å². The average Bonchev–Trinajstić information content (AvgIpc) is 3.08. The summed E-state index contributed by atoms with van der Waals surface area (Å²) in [5.41, 5.74) is 1.24. The highest BCUT2D eigenvalue weighted by Crippen LogP contribution is 2.49. The van der Waals surface area contributed by atoms with Crippen molar-refractivity contribution in [2.24, 2.45) is 0 Å². The number of hydrogen-bond acceptors (Lipinski definition) is 3. The lowest BCUT2D eigenvalue weighted by Crippen LogP contribution is -2.34. The van der Waals surface area contributed by atoms with Crippen molar-refractivity contribution in [1.29, 1.82) is 0 Å². The van der Waals surface area contributed by atoms with Crippen molar-refractivity contribution in [3.63, 3.8) is 0 Å². The summed E-state index contributed by atoms with van der Waals surface area (Å²) in [6, 6.07) is 10.1. The van der Waals surface area contributed by atoms with Crippen LogP contribution >= 0.6 is 10.7 Å². The van der Waals surface area contributed by atoms with Crippen molar-refractivity contribution in [2.45, 2.75) is 29.9 Å². The van der Waals surface area contributed by atoms with Gasteiger partial charge in [0.1, 0.15) is 5.25 Å². The van der Waals surface area contributed by atoms with Crippen molar-refractivity contribution >= 4 is 25.6 Å². The topological polar surface area (TPSA) is 54.5 Å². The standard InChI is InChI=1S/C14H16ClNO3S/c15-20(18,19)12-8-13(17)16(9-12)10-14(6-7-14)11-4-2-1-3-5-11/h1-5,12H,6-10H2. The van der Waals surface area contributed by atoms with Crippen LogP contribution in [0.2, 0.25) is 0 Å². The molecule has 4 nitrogen and oxygen atoms in total. The van der Waals surface area contributed by atoms with E-state index in [0.29, 0.717) is 6.54 Å². The van der Waals surface area contributed by atoms with E-state index in [1.165, 1.54) is 5.56 Å². The van der Waals surface area contributed by atoms with Crippen LogP contribution in [0.1, 0.15) is 24.8 Å². The smallest absolute Gasteiger partial charge is 0.237 e. The normalized spacial score (nSPS) is 24.9. The molecule has 0 spiro atoms. The quantitative estimate of drug-likeness (QED) is 0.798. The van der Waals surface area contributed by atoms with Gasteiger partial charge < -0.3 is 4.90 Å². The Bertz CT molecular complexity index is 625. The minimum absolute atomic E-state index is 0.0106. The number of rotatable bonds is 4. The summed E-state index contributed by atoms with van der Waals surface area (Å²) in [7, 11) is 1.71. The number of hydrogen-bond donors (Lipinski definition) is 0. The molecule has 0 bridgehead atoms. The van der Waals surface area contributed by atoms with Crippen LogP contribution in [0.3, 0.4) is 0 Å². The molecule has 1 heterocycles. The molecule has 1 saturated carbocycles. The van der Waals surface area contributed by atoms with E-state index in [0.717, 1.165) is 12.8 Å². The van der Waals surface area contributed by atoms with Crippen LogP contribution in [0.25, 0.3) is 0 Å². The molecule has 1 aromatic carbocycles. The highest BCUT2D eigenvalue weighted by molar-refractivity contribution is 8.14. The van der Waals surface area contributed by atoms with E-state index in [4.69, 9.17) is 10.7 Å². The van der Waals surface area contributed by atoms with Crippen LogP contribution in [0.5, 0.6) is 0 Å².